The van der Waals surface area contributed by atoms with E-state index in [0.717, 1.165) is 11.1 Å². The van der Waals surface area contributed by atoms with Gasteiger partial charge >= 0.3 is 0 Å². The van der Waals surface area contributed by atoms with Gasteiger partial charge in [-0.2, -0.15) is 0 Å². The van der Waals surface area contributed by atoms with Crippen LogP contribution in [-0.2, 0) is 24.7 Å². The number of carbonyl (C=O) groups is 2. The topological polar surface area (TPSA) is 67.9 Å². The lowest BCUT2D eigenvalue weighted by molar-refractivity contribution is -0.155. The second-order valence-corrected chi connectivity index (χ2v) is 6.68. The van der Waals surface area contributed by atoms with Gasteiger partial charge in [-0.3, -0.25) is 14.0 Å². The number of amides is 2. The molecule has 1 unspecified atom stereocenters. The lowest BCUT2D eigenvalue weighted by atomic mass is 9.83. The normalized spacial score (nSPS) is 20.8. The van der Waals surface area contributed by atoms with Crippen LogP contribution in [0.3, 0.4) is 0 Å². The fourth-order valence-electron chi connectivity index (χ4n) is 3.80. The van der Waals surface area contributed by atoms with Crippen LogP contribution in [0.25, 0.3) is 0 Å². The molecule has 2 heterocycles. The van der Waals surface area contributed by atoms with Gasteiger partial charge in [0.15, 0.2) is 6.10 Å². The lowest BCUT2D eigenvalue weighted by Crippen LogP contribution is -2.45. The zero-order chi connectivity index (χ0) is 18.6. The molecular weight excluding hydrogens is 339 g/mol. The zero-order valence-corrected chi connectivity index (χ0v) is 15.0. The summed E-state index contributed by atoms with van der Waals surface area (Å²) in [4.78, 5) is 26.2. The summed E-state index contributed by atoms with van der Waals surface area (Å²) in [7, 11) is 1.58. The second-order valence-electron chi connectivity index (χ2n) is 6.68. The fraction of sp³-hybridized carbons (Fsp3) is 0.579. The molecule has 0 radical (unpaired) electrons. The highest BCUT2D eigenvalue weighted by Gasteiger charge is 2.49. The number of carbonyl (C=O) groups excluding carboxylic acids is 2. The van der Waals surface area contributed by atoms with Crippen LogP contribution >= 0.6 is 0 Å². The van der Waals surface area contributed by atoms with Crippen LogP contribution in [0, 0.1) is 0 Å². The van der Waals surface area contributed by atoms with Crippen LogP contribution < -0.4 is 5.32 Å². The number of halogens is 1. The van der Waals surface area contributed by atoms with Gasteiger partial charge in [0.25, 0.3) is 5.91 Å². The number of methoxy groups -OCH3 is 1. The molecule has 1 atom stereocenters. The van der Waals surface area contributed by atoms with E-state index < -0.39 is 18.4 Å². The van der Waals surface area contributed by atoms with Crippen LogP contribution in [0.5, 0.6) is 0 Å². The van der Waals surface area contributed by atoms with Gasteiger partial charge in [0, 0.05) is 26.7 Å². The van der Waals surface area contributed by atoms with Gasteiger partial charge in [-0.05, 0) is 24.0 Å². The number of nitrogens with zero attached hydrogens (tertiary/aromatic N) is 1. The molecule has 142 valence electrons. The molecule has 26 heavy (non-hydrogen) atoms. The molecule has 0 bridgehead atoms. The van der Waals surface area contributed by atoms with Crippen LogP contribution in [0.4, 0.5) is 4.39 Å². The van der Waals surface area contributed by atoms with Gasteiger partial charge in [0.1, 0.15) is 0 Å². The lowest BCUT2D eigenvalue weighted by Gasteiger charge is -2.39. The summed E-state index contributed by atoms with van der Waals surface area (Å²) in [5.74, 6) is -0.343. The van der Waals surface area contributed by atoms with Crippen LogP contribution in [0.15, 0.2) is 24.3 Å². The first-order valence-corrected chi connectivity index (χ1v) is 8.99. The Morgan fingerprint density at radius 2 is 2.08 bits per heavy atom. The minimum absolute atomic E-state index is 0.0744. The molecule has 3 rings (SSSR count). The van der Waals surface area contributed by atoms with Gasteiger partial charge in [0.2, 0.25) is 5.91 Å². The molecule has 2 aliphatic rings. The van der Waals surface area contributed by atoms with Gasteiger partial charge in [0.05, 0.1) is 25.3 Å². The largest absolute Gasteiger partial charge is 0.383 e. The molecule has 2 aliphatic heterocycles. The number of alkyl halides is 1. The molecule has 7 heteroatoms. The van der Waals surface area contributed by atoms with E-state index in [1.54, 1.807) is 12.0 Å². The molecule has 1 N–H and O–H groups in total. The highest BCUT2D eigenvalue weighted by molar-refractivity contribution is 5.83. The van der Waals surface area contributed by atoms with Gasteiger partial charge in [-0.1, -0.05) is 24.3 Å². The van der Waals surface area contributed by atoms with Crippen molar-refractivity contribution in [2.75, 3.05) is 40.0 Å². The average Bonchev–Trinajstić information content (AvgIpc) is 2.97. The van der Waals surface area contributed by atoms with E-state index in [1.807, 2.05) is 24.3 Å². The Labute approximate surface area is 152 Å². The summed E-state index contributed by atoms with van der Waals surface area (Å²) in [6.07, 6.45) is 0.471. The predicted molar refractivity (Wildman–Crippen MR) is 93.2 cm³/mol. The maximum atomic E-state index is 12.6. The number of fused-ring (bicyclic) bond motifs is 2. The third-order valence-electron chi connectivity index (χ3n) is 5.15. The summed E-state index contributed by atoms with van der Waals surface area (Å²) in [5, 5.41) is 2.84. The van der Waals surface area contributed by atoms with E-state index in [9.17, 15) is 14.0 Å². The molecule has 0 saturated carbocycles. The first-order valence-electron chi connectivity index (χ1n) is 8.99. The van der Waals surface area contributed by atoms with Crippen molar-refractivity contribution in [3.8, 4) is 0 Å². The first-order chi connectivity index (χ1) is 12.6. The fourth-order valence-corrected chi connectivity index (χ4v) is 3.80. The Balaban J connectivity index is 1.74. The number of hydrogen-bond acceptors (Lipinski definition) is 4. The van der Waals surface area contributed by atoms with E-state index in [-0.39, 0.29) is 18.2 Å². The average molecular weight is 364 g/mol. The summed E-state index contributed by atoms with van der Waals surface area (Å²) in [6, 6.07) is 7.76. The smallest absolute Gasteiger partial charge is 0.253 e. The van der Waals surface area contributed by atoms with Crippen molar-refractivity contribution < 1.29 is 23.5 Å². The molecule has 1 aromatic rings. The molecule has 2 amide bonds. The molecule has 1 spiro atoms. The zero-order valence-electron chi connectivity index (χ0n) is 15.0. The molecule has 6 nitrogen and oxygen atoms in total. The Bertz CT molecular complexity index is 659. The van der Waals surface area contributed by atoms with Crippen molar-refractivity contribution in [3.05, 3.63) is 35.4 Å². The Hall–Kier alpha value is -1.99. The van der Waals surface area contributed by atoms with E-state index in [1.165, 1.54) is 0 Å². The van der Waals surface area contributed by atoms with E-state index in [2.05, 4.69) is 5.32 Å². The number of piperidine rings is 1. The van der Waals surface area contributed by atoms with Crippen LogP contribution in [0.1, 0.15) is 36.5 Å². The number of likely N-dealkylation sites (tertiary alicyclic amines) is 1. The molecular formula is C19H25FN2O4. The maximum Gasteiger partial charge on any atom is 0.253 e. The molecule has 0 aromatic heterocycles. The summed E-state index contributed by atoms with van der Waals surface area (Å²) < 4.78 is 23.7. The van der Waals surface area contributed by atoms with Crippen molar-refractivity contribution in [3.63, 3.8) is 0 Å². The summed E-state index contributed by atoms with van der Waals surface area (Å²) in [6.45, 7) is 1.24. The standard InChI is InChI=1S/C19H25FN2O4/c1-25-13-10-21-18(24)17-14-4-2-3-5-15(14)19(26-17)7-11-22(12-8-19)16(23)6-9-20/h2-5,17H,6-13H2,1H3,(H,21,24). The van der Waals surface area contributed by atoms with Crippen molar-refractivity contribution >= 4 is 11.8 Å². The maximum absolute atomic E-state index is 12.6. The van der Waals surface area contributed by atoms with Crippen molar-refractivity contribution in [1.82, 2.24) is 10.2 Å². The van der Waals surface area contributed by atoms with E-state index in [0.29, 0.717) is 39.1 Å². The second kappa shape index (κ2) is 8.14. The molecule has 0 aliphatic carbocycles. The minimum Gasteiger partial charge on any atom is -0.383 e. The SMILES string of the molecule is COCCNC(=O)C1OC2(CCN(C(=O)CCF)CC2)c2ccccc21. The molecule has 1 fully saturated rings. The summed E-state index contributed by atoms with van der Waals surface area (Å²) >= 11 is 0. The number of benzene rings is 1. The third-order valence-corrected chi connectivity index (χ3v) is 5.15. The van der Waals surface area contributed by atoms with E-state index >= 15 is 0 Å². The van der Waals surface area contributed by atoms with Crippen molar-refractivity contribution in [2.45, 2.75) is 31.0 Å². The Morgan fingerprint density at radius 1 is 1.35 bits per heavy atom. The number of hydrogen-bond donors (Lipinski definition) is 1. The van der Waals surface area contributed by atoms with Crippen LogP contribution in [0.2, 0.25) is 0 Å². The van der Waals surface area contributed by atoms with Gasteiger partial charge < -0.3 is 19.7 Å². The number of nitrogens with one attached hydrogen (secondary N) is 1. The first kappa shape index (κ1) is 18.8. The highest BCUT2D eigenvalue weighted by atomic mass is 19.1. The van der Waals surface area contributed by atoms with E-state index in [4.69, 9.17) is 9.47 Å². The molecule has 1 saturated heterocycles. The van der Waals surface area contributed by atoms with Crippen molar-refractivity contribution in [2.24, 2.45) is 0 Å². The van der Waals surface area contributed by atoms with Crippen LogP contribution in [-0.4, -0.2) is 56.7 Å². The Kier molecular flexibility index (Phi) is 5.88. The monoisotopic (exact) mass is 364 g/mol. The highest BCUT2D eigenvalue weighted by Crippen LogP contribution is 2.49. The Morgan fingerprint density at radius 3 is 2.77 bits per heavy atom. The number of ether oxygens (including phenoxy) is 2. The van der Waals surface area contributed by atoms with Gasteiger partial charge in [-0.25, -0.2) is 0 Å². The number of rotatable bonds is 6. The summed E-state index contributed by atoms with van der Waals surface area (Å²) in [5.41, 5.74) is 1.34. The predicted octanol–water partition coefficient (Wildman–Crippen LogP) is 1.70. The van der Waals surface area contributed by atoms with Gasteiger partial charge in [-0.15, -0.1) is 0 Å². The molecule has 1 aromatic carbocycles. The minimum atomic E-state index is -0.656. The third kappa shape index (κ3) is 3.59. The quantitative estimate of drug-likeness (QED) is 0.780. The van der Waals surface area contributed by atoms with Crippen molar-refractivity contribution in [1.29, 1.82) is 0 Å².